The van der Waals surface area contributed by atoms with Crippen LogP contribution in [0.5, 0.6) is 0 Å². The molecule has 0 radical (unpaired) electrons. The van der Waals surface area contributed by atoms with Crippen molar-refractivity contribution in [3.63, 3.8) is 0 Å². The summed E-state index contributed by atoms with van der Waals surface area (Å²) in [7, 11) is -2.86. The maximum Gasteiger partial charge on any atom is 0.301 e. The third-order valence-corrected chi connectivity index (χ3v) is 13.6. The molecule has 21 heteroatoms. The predicted molar refractivity (Wildman–Crippen MR) is 234 cm³/mol. The van der Waals surface area contributed by atoms with Gasteiger partial charge < -0.3 is 20.5 Å². The largest absolute Gasteiger partial charge is 0.372 e. The van der Waals surface area contributed by atoms with Gasteiger partial charge >= 0.3 is 10.2 Å². The van der Waals surface area contributed by atoms with Crippen LogP contribution < -0.4 is 25.6 Å². The molecule has 4 aromatic heterocycles. The number of anilines is 3. The van der Waals surface area contributed by atoms with Crippen molar-refractivity contribution in [1.29, 1.82) is 0 Å². The first-order valence-corrected chi connectivity index (χ1v) is 22.6. The summed E-state index contributed by atoms with van der Waals surface area (Å²) in [5.74, 6) is -3.30. The number of fused-ring (bicyclic) bond motifs is 1. The molecule has 7 heterocycles. The number of aromatic nitrogens is 5. The van der Waals surface area contributed by atoms with Crippen molar-refractivity contribution in [2.24, 2.45) is 0 Å². The molecule has 336 valence electrons. The Morgan fingerprint density at radius 2 is 1.64 bits per heavy atom. The van der Waals surface area contributed by atoms with Crippen LogP contribution in [0.15, 0.2) is 61.3 Å². The molecular formula is C43H48F2N12O6S. The highest BCUT2D eigenvalue weighted by atomic mass is 32.2. The number of hydrogen-bond acceptors (Lipinski definition) is 13. The second-order valence-electron chi connectivity index (χ2n) is 16.2. The SMILES string of the molecule is CCN(C)S(=O)(=O)Nc1ccc(F)c(C(=O)c2c[nH]c3ncc(-c4cnc(N5CCC(NC(=O)CN6CCC(c7ccc(NC8CCC(=O)NC8=O)cn7)CC6)CC5)nc4)cc23)c1F. The molecule has 3 aliphatic heterocycles. The van der Waals surface area contributed by atoms with Crippen LogP contribution >= 0.6 is 0 Å². The highest BCUT2D eigenvalue weighted by Gasteiger charge is 2.30. The van der Waals surface area contributed by atoms with Gasteiger partial charge in [-0.25, -0.2) is 23.7 Å². The molecule has 64 heavy (non-hydrogen) atoms. The highest BCUT2D eigenvalue weighted by molar-refractivity contribution is 7.90. The lowest BCUT2D eigenvalue weighted by Gasteiger charge is -2.34. The van der Waals surface area contributed by atoms with Gasteiger partial charge in [-0.05, 0) is 75.5 Å². The first kappa shape index (κ1) is 44.2. The summed E-state index contributed by atoms with van der Waals surface area (Å²) in [6.07, 6.45) is 11.8. The molecule has 3 saturated heterocycles. The van der Waals surface area contributed by atoms with Gasteiger partial charge in [-0.2, -0.15) is 12.7 Å². The van der Waals surface area contributed by atoms with Crippen LogP contribution in [0, 0.1) is 11.6 Å². The fraction of sp³-hybridized carbons (Fsp3) is 0.395. The molecule has 1 aromatic carbocycles. The van der Waals surface area contributed by atoms with E-state index in [1.165, 1.54) is 13.2 Å². The second kappa shape index (κ2) is 18.7. The summed E-state index contributed by atoms with van der Waals surface area (Å²) in [5, 5.41) is 9.00. The van der Waals surface area contributed by atoms with Gasteiger partial charge in [-0.1, -0.05) is 6.92 Å². The van der Waals surface area contributed by atoms with Crippen molar-refractivity contribution < 1.29 is 36.4 Å². The summed E-state index contributed by atoms with van der Waals surface area (Å²) < 4.78 is 58.7. The van der Waals surface area contributed by atoms with Gasteiger partial charge in [-0.3, -0.25) is 39.1 Å². The van der Waals surface area contributed by atoms with Gasteiger partial charge in [0.25, 0.3) is 0 Å². The number of carbonyl (C=O) groups excluding carboxylic acids is 4. The molecule has 0 aliphatic carbocycles. The first-order chi connectivity index (χ1) is 30.8. The zero-order valence-corrected chi connectivity index (χ0v) is 36.1. The van der Waals surface area contributed by atoms with E-state index in [-0.39, 0.29) is 47.2 Å². The number of carbonyl (C=O) groups is 4. The van der Waals surface area contributed by atoms with E-state index in [4.69, 9.17) is 0 Å². The number of imide groups is 1. The summed E-state index contributed by atoms with van der Waals surface area (Å²) in [6, 6.07) is 6.83. The Balaban J connectivity index is 0.813. The standard InChI is InChI=1S/C43H48F2N12O6S/c1-3-55(2)64(62,63)54-34-7-5-32(44)38(39(34)45)40(60)31-23-48-41-30(31)18-26(19-47-41)27-20-49-43(50-21-27)57-16-12-28(13-17-57)52-37(59)24-56-14-10-25(11-15-56)33-6-4-29(22-46-33)51-35-8-9-36(58)53-42(35)61/h4-7,18-23,25,28,35,51,54H,3,8-17,24H2,1-2H3,(H,47,48)(H,52,59)(H,53,58,61). The van der Waals surface area contributed by atoms with Crippen LogP contribution in [0.2, 0.25) is 0 Å². The highest BCUT2D eigenvalue weighted by Crippen LogP contribution is 2.31. The zero-order chi connectivity index (χ0) is 45.1. The molecular weight excluding hydrogens is 851 g/mol. The second-order valence-corrected chi connectivity index (χ2v) is 18.0. The molecule has 0 bridgehead atoms. The van der Waals surface area contributed by atoms with Crippen molar-refractivity contribution in [2.45, 2.75) is 63.5 Å². The third kappa shape index (κ3) is 9.70. The van der Waals surface area contributed by atoms with Crippen LogP contribution in [0.3, 0.4) is 0 Å². The van der Waals surface area contributed by atoms with E-state index >= 15 is 8.78 Å². The predicted octanol–water partition coefficient (Wildman–Crippen LogP) is 3.71. The van der Waals surface area contributed by atoms with Crippen LogP contribution in [0.4, 0.5) is 26.1 Å². The summed E-state index contributed by atoms with van der Waals surface area (Å²) in [6.45, 7) is 4.83. The Kier molecular flexibility index (Phi) is 12.9. The monoisotopic (exact) mass is 898 g/mol. The van der Waals surface area contributed by atoms with Gasteiger partial charge in [-0.15, -0.1) is 0 Å². The molecule has 3 fully saturated rings. The first-order valence-electron chi connectivity index (χ1n) is 21.2. The molecule has 1 atom stereocenters. The number of benzene rings is 1. The Labute approximate surface area is 367 Å². The number of piperidine rings is 3. The van der Waals surface area contributed by atoms with E-state index in [1.54, 1.807) is 37.8 Å². The molecule has 5 aromatic rings. The van der Waals surface area contributed by atoms with E-state index in [1.807, 2.05) is 17.0 Å². The molecule has 8 rings (SSSR count). The van der Waals surface area contributed by atoms with E-state index in [2.05, 4.69) is 50.5 Å². The molecule has 18 nitrogen and oxygen atoms in total. The fourth-order valence-corrected chi connectivity index (χ4v) is 9.13. The average Bonchev–Trinajstić information content (AvgIpc) is 3.72. The fourth-order valence-electron chi connectivity index (χ4n) is 8.20. The molecule has 1 unspecified atom stereocenters. The van der Waals surface area contributed by atoms with Crippen molar-refractivity contribution in [3.05, 3.63) is 89.8 Å². The Morgan fingerprint density at radius 1 is 0.906 bits per heavy atom. The molecule has 3 aliphatic rings. The van der Waals surface area contributed by atoms with Crippen molar-refractivity contribution in [2.75, 3.05) is 61.3 Å². The van der Waals surface area contributed by atoms with E-state index < -0.39 is 44.9 Å². The van der Waals surface area contributed by atoms with Crippen molar-refractivity contribution >= 4 is 62.1 Å². The minimum Gasteiger partial charge on any atom is -0.372 e. The number of aromatic amines is 1. The lowest BCUT2D eigenvalue weighted by atomic mass is 9.93. The maximum absolute atomic E-state index is 15.6. The molecule has 0 spiro atoms. The van der Waals surface area contributed by atoms with E-state index in [0.717, 1.165) is 66.6 Å². The van der Waals surface area contributed by atoms with E-state index in [9.17, 15) is 27.6 Å². The number of pyridine rings is 2. The lowest BCUT2D eigenvalue weighted by molar-refractivity contribution is -0.133. The summed E-state index contributed by atoms with van der Waals surface area (Å²) in [4.78, 5) is 75.5. The third-order valence-electron chi connectivity index (χ3n) is 12.0. The average molecular weight is 899 g/mol. The number of halogens is 2. The lowest BCUT2D eigenvalue weighted by Crippen LogP contribution is -2.48. The Morgan fingerprint density at radius 3 is 2.33 bits per heavy atom. The quantitative estimate of drug-likeness (QED) is 0.0793. The van der Waals surface area contributed by atoms with Gasteiger partial charge in [0.2, 0.25) is 29.5 Å². The van der Waals surface area contributed by atoms with Gasteiger partial charge in [0.05, 0.1) is 29.7 Å². The topological polar surface area (TPSA) is 228 Å². The van der Waals surface area contributed by atoms with Crippen LogP contribution in [-0.4, -0.2) is 124 Å². The van der Waals surface area contributed by atoms with Gasteiger partial charge in [0.15, 0.2) is 5.82 Å². The zero-order valence-electron chi connectivity index (χ0n) is 35.2. The number of amides is 3. The Bertz CT molecular complexity index is 2670. The minimum atomic E-state index is -4.15. The smallest absolute Gasteiger partial charge is 0.301 e. The molecule has 3 amide bonds. The van der Waals surface area contributed by atoms with Crippen LogP contribution in [0.1, 0.15) is 73.0 Å². The van der Waals surface area contributed by atoms with Gasteiger partial charge in [0, 0.05) is 97.6 Å². The number of nitrogens with zero attached hydrogens (tertiary/aromatic N) is 7. The number of hydrogen-bond donors (Lipinski definition) is 5. The Hall–Kier alpha value is -6.45. The normalized spacial score (nSPS) is 18.0. The molecule has 5 N–H and O–H groups in total. The number of likely N-dealkylation sites (tertiary alicyclic amines) is 1. The van der Waals surface area contributed by atoms with Crippen LogP contribution in [-0.2, 0) is 24.6 Å². The maximum atomic E-state index is 15.6. The number of ketones is 1. The van der Waals surface area contributed by atoms with Crippen LogP contribution in [0.25, 0.3) is 22.2 Å². The molecule has 0 saturated carbocycles. The summed E-state index contributed by atoms with van der Waals surface area (Å²) in [5.41, 5.74) is 1.59. The van der Waals surface area contributed by atoms with Crippen molar-refractivity contribution in [1.82, 2.24) is 44.8 Å². The number of H-pyrrole nitrogens is 1. The number of nitrogens with one attached hydrogen (secondary N) is 5. The van der Waals surface area contributed by atoms with Crippen molar-refractivity contribution in [3.8, 4) is 11.1 Å². The minimum absolute atomic E-state index is 0.0101. The summed E-state index contributed by atoms with van der Waals surface area (Å²) >= 11 is 0. The number of rotatable bonds is 14. The van der Waals surface area contributed by atoms with E-state index in [0.29, 0.717) is 55.2 Å². The van der Waals surface area contributed by atoms with Gasteiger partial charge in [0.1, 0.15) is 17.5 Å².